The van der Waals surface area contributed by atoms with Gasteiger partial charge in [-0.15, -0.1) is 0 Å². The van der Waals surface area contributed by atoms with E-state index in [2.05, 4.69) is 5.32 Å². The van der Waals surface area contributed by atoms with Crippen molar-refractivity contribution >= 4 is 21.6 Å². The summed E-state index contributed by atoms with van der Waals surface area (Å²) in [7, 11) is -3.77. The number of carbonyl (C=O) groups is 1. The van der Waals surface area contributed by atoms with Gasteiger partial charge in [-0.2, -0.15) is 0 Å². The highest BCUT2D eigenvalue weighted by molar-refractivity contribution is 7.92. The van der Waals surface area contributed by atoms with E-state index >= 15 is 0 Å². The summed E-state index contributed by atoms with van der Waals surface area (Å²) in [6, 6.07) is 5.44. The minimum Gasteiger partial charge on any atom is -0.376 e. The maximum absolute atomic E-state index is 13.8. The number of rotatable bonds is 6. The van der Waals surface area contributed by atoms with Crippen molar-refractivity contribution in [1.29, 1.82) is 0 Å². The summed E-state index contributed by atoms with van der Waals surface area (Å²) in [5.41, 5.74) is -0.141. The molecular formula is C14H19FN2O4S. The van der Waals surface area contributed by atoms with E-state index in [0.29, 0.717) is 13.2 Å². The molecule has 1 aromatic rings. The first-order valence-corrected chi connectivity index (χ1v) is 8.83. The standard InChI is InChI=1S/C14H19FN2O4S/c1-22(19,20)17(13-7-3-2-6-12(13)15)10-14(18)16-9-11-5-4-8-21-11/h2-3,6-7,11H,4-5,8-10H2,1H3,(H,16,18). The van der Waals surface area contributed by atoms with E-state index in [0.717, 1.165) is 29.5 Å². The number of amides is 1. The Morgan fingerprint density at radius 3 is 2.77 bits per heavy atom. The number of ether oxygens (including phenoxy) is 1. The zero-order valence-electron chi connectivity index (χ0n) is 12.3. The van der Waals surface area contributed by atoms with E-state index in [-0.39, 0.29) is 11.8 Å². The molecule has 8 heteroatoms. The summed E-state index contributed by atoms with van der Waals surface area (Å²) in [6.07, 6.45) is 2.71. The predicted molar refractivity (Wildman–Crippen MR) is 80.6 cm³/mol. The minimum atomic E-state index is -3.77. The van der Waals surface area contributed by atoms with Crippen LogP contribution >= 0.6 is 0 Å². The lowest BCUT2D eigenvalue weighted by atomic mass is 10.2. The average molecular weight is 330 g/mol. The summed E-state index contributed by atoms with van der Waals surface area (Å²) >= 11 is 0. The summed E-state index contributed by atoms with van der Waals surface area (Å²) in [6.45, 7) is 0.533. The van der Waals surface area contributed by atoms with Gasteiger partial charge in [-0.05, 0) is 25.0 Å². The van der Waals surface area contributed by atoms with Crippen molar-refractivity contribution in [2.24, 2.45) is 0 Å². The Balaban J connectivity index is 2.04. The maximum atomic E-state index is 13.8. The second kappa shape index (κ2) is 7.06. The third-order valence-electron chi connectivity index (χ3n) is 3.36. The van der Waals surface area contributed by atoms with Gasteiger partial charge in [0.25, 0.3) is 0 Å². The molecule has 0 bridgehead atoms. The fraction of sp³-hybridized carbons (Fsp3) is 0.500. The lowest BCUT2D eigenvalue weighted by Gasteiger charge is -2.22. The van der Waals surface area contributed by atoms with Crippen molar-refractivity contribution in [3.63, 3.8) is 0 Å². The second-order valence-corrected chi connectivity index (χ2v) is 7.07. The van der Waals surface area contributed by atoms with Gasteiger partial charge < -0.3 is 10.1 Å². The molecule has 0 spiro atoms. The molecule has 1 fully saturated rings. The average Bonchev–Trinajstić information content (AvgIpc) is 2.95. The number of sulfonamides is 1. The van der Waals surface area contributed by atoms with Crippen LogP contribution in [0.2, 0.25) is 0 Å². The van der Waals surface area contributed by atoms with Crippen LogP contribution in [0.25, 0.3) is 0 Å². The molecule has 1 aromatic carbocycles. The molecule has 22 heavy (non-hydrogen) atoms. The number of halogens is 1. The van der Waals surface area contributed by atoms with E-state index in [1.54, 1.807) is 0 Å². The topological polar surface area (TPSA) is 75.7 Å². The normalized spacial score (nSPS) is 18.2. The van der Waals surface area contributed by atoms with E-state index < -0.39 is 28.3 Å². The van der Waals surface area contributed by atoms with Crippen molar-refractivity contribution in [3.05, 3.63) is 30.1 Å². The van der Waals surface area contributed by atoms with Gasteiger partial charge in [-0.25, -0.2) is 12.8 Å². The molecule has 1 aliphatic rings. The van der Waals surface area contributed by atoms with Crippen molar-refractivity contribution in [2.75, 3.05) is 30.3 Å². The van der Waals surface area contributed by atoms with Crippen LogP contribution in [0.1, 0.15) is 12.8 Å². The Morgan fingerprint density at radius 2 is 2.18 bits per heavy atom. The quantitative estimate of drug-likeness (QED) is 0.840. The molecule has 1 N–H and O–H groups in total. The van der Waals surface area contributed by atoms with E-state index in [9.17, 15) is 17.6 Å². The highest BCUT2D eigenvalue weighted by atomic mass is 32.2. The van der Waals surface area contributed by atoms with Crippen LogP contribution in [0, 0.1) is 5.82 Å². The molecule has 0 saturated carbocycles. The zero-order valence-corrected chi connectivity index (χ0v) is 13.1. The number of anilines is 1. The lowest BCUT2D eigenvalue weighted by Crippen LogP contribution is -2.42. The summed E-state index contributed by atoms with van der Waals surface area (Å²) < 4.78 is 43.6. The summed E-state index contributed by atoms with van der Waals surface area (Å²) in [5, 5.41) is 2.62. The first-order chi connectivity index (χ1) is 10.4. The number of benzene rings is 1. The van der Waals surface area contributed by atoms with Crippen molar-refractivity contribution in [2.45, 2.75) is 18.9 Å². The van der Waals surface area contributed by atoms with E-state index in [1.807, 2.05) is 0 Å². The van der Waals surface area contributed by atoms with Crippen LogP contribution in [0.15, 0.2) is 24.3 Å². The molecule has 1 unspecified atom stereocenters. The predicted octanol–water partition coefficient (Wildman–Crippen LogP) is 0.887. The van der Waals surface area contributed by atoms with Crippen molar-refractivity contribution in [3.8, 4) is 0 Å². The van der Waals surface area contributed by atoms with Crippen LogP contribution in [-0.4, -0.2) is 46.4 Å². The summed E-state index contributed by atoms with van der Waals surface area (Å²) in [5.74, 6) is -1.19. The van der Waals surface area contributed by atoms with Gasteiger partial charge in [0.1, 0.15) is 12.4 Å². The molecule has 1 saturated heterocycles. The van der Waals surface area contributed by atoms with Gasteiger partial charge >= 0.3 is 0 Å². The Hall–Kier alpha value is -1.67. The highest BCUT2D eigenvalue weighted by Crippen LogP contribution is 2.21. The zero-order chi connectivity index (χ0) is 16.2. The number of para-hydroxylation sites is 1. The number of carbonyl (C=O) groups excluding carboxylic acids is 1. The maximum Gasteiger partial charge on any atom is 0.240 e. The number of nitrogens with zero attached hydrogens (tertiary/aromatic N) is 1. The van der Waals surface area contributed by atoms with Crippen LogP contribution in [0.3, 0.4) is 0 Å². The number of nitrogens with one attached hydrogen (secondary N) is 1. The van der Waals surface area contributed by atoms with E-state index in [1.165, 1.54) is 18.2 Å². The van der Waals surface area contributed by atoms with Gasteiger partial charge in [0, 0.05) is 13.2 Å². The Kier molecular flexibility index (Phi) is 5.36. The van der Waals surface area contributed by atoms with Gasteiger partial charge in [0.15, 0.2) is 0 Å². The highest BCUT2D eigenvalue weighted by Gasteiger charge is 2.24. The molecule has 1 atom stereocenters. The molecule has 1 aliphatic heterocycles. The lowest BCUT2D eigenvalue weighted by molar-refractivity contribution is -0.120. The fourth-order valence-electron chi connectivity index (χ4n) is 2.25. The Labute approximate surface area is 129 Å². The van der Waals surface area contributed by atoms with Crippen LogP contribution in [-0.2, 0) is 19.6 Å². The monoisotopic (exact) mass is 330 g/mol. The third kappa shape index (κ3) is 4.41. The first-order valence-electron chi connectivity index (χ1n) is 6.98. The molecule has 0 radical (unpaired) electrons. The molecule has 122 valence electrons. The Morgan fingerprint density at radius 1 is 1.45 bits per heavy atom. The molecule has 6 nitrogen and oxygen atoms in total. The molecule has 0 aliphatic carbocycles. The molecule has 1 amide bonds. The van der Waals surface area contributed by atoms with E-state index in [4.69, 9.17) is 4.74 Å². The Bertz CT molecular complexity index is 629. The molecule has 2 rings (SSSR count). The smallest absolute Gasteiger partial charge is 0.240 e. The molecule has 0 aromatic heterocycles. The fourth-order valence-corrected chi connectivity index (χ4v) is 3.11. The number of hydrogen-bond acceptors (Lipinski definition) is 4. The van der Waals surface area contributed by atoms with Gasteiger partial charge in [0.05, 0.1) is 18.0 Å². The molecule has 1 heterocycles. The van der Waals surface area contributed by atoms with Crippen LogP contribution in [0.4, 0.5) is 10.1 Å². The third-order valence-corrected chi connectivity index (χ3v) is 4.49. The number of hydrogen-bond donors (Lipinski definition) is 1. The van der Waals surface area contributed by atoms with Gasteiger partial charge in [0.2, 0.25) is 15.9 Å². The van der Waals surface area contributed by atoms with Gasteiger partial charge in [-0.1, -0.05) is 12.1 Å². The van der Waals surface area contributed by atoms with Gasteiger partial charge in [-0.3, -0.25) is 9.10 Å². The van der Waals surface area contributed by atoms with Crippen molar-refractivity contribution in [1.82, 2.24) is 5.32 Å². The van der Waals surface area contributed by atoms with Crippen molar-refractivity contribution < 1.29 is 22.3 Å². The summed E-state index contributed by atoms with van der Waals surface area (Å²) in [4.78, 5) is 11.9. The SMILES string of the molecule is CS(=O)(=O)N(CC(=O)NCC1CCCO1)c1ccccc1F. The minimum absolute atomic E-state index is 0.0379. The van der Waals surface area contributed by atoms with Crippen LogP contribution < -0.4 is 9.62 Å². The largest absolute Gasteiger partial charge is 0.376 e. The second-order valence-electron chi connectivity index (χ2n) is 5.16. The van der Waals surface area contributed by atoms with Crippen LogP contribution in [0.5, 0.6) is 0 Å². The molecular weight excluding hydrogens is 311 g/mol. The first kappa shape index (κ1) is 16.7.